The Morgan fingerprint density at radius 3 is 1.83 bits per heavy atom. The molecule has 0 bridgehead atoms. The first kappa shape index (κ1) is 44.5. The van der Waals surface area contributed by atoms with Gasteiger partial charge in [0.2, 0.25) is 11.8 Å². The lowest BCUT2D eigenvalue weighted by atomic mass is 9.81. The molecular formula is C50H56F3N9O2. The molecule has 64 heavy (non-hydrogen) atoms. The number of carbonyl (C=O) groups excluding carboxylic acids is 2. The molecule has 2 aliphatic rings. The topological polar surface area (TPSA) is 127 Å². The van der Waals surface area contributed by atoms with Crippen LogP contribution in [0.5, 0.6) is 0 Å². The van der Waals surface area contributed by atoms with Crippen molar-refractivity contribution in [3.8, 4) is 33.9 Å². The van der Waals surface area contributed by atoms with Crippen molar-refractivity contribution in [2.24, 2.45) is 5.92 Å². The first-order chi connectivity index (χ1) is 31.0. The molecule has 2 fully saturated rings. The van der Waals surface area contributed by atoms with E-state index in [1.54, 1.807) is 47.8 Å². The van der Waals surface area contributed by atoms with Gasteiger partial charge in [-0.2, -0.15) is 13.2 Å². The number of rotatable bonds is 15. The van der Waals surface area contributed by atoms with Crippen molar-refractivity contribution >= 4 is 11.8 Å². The third kappa shape index (κ3) is 8.97. The number of carbonyl (C=O) groups is 2. The highest BCUT2D eigenvalue weighted by Gasteiger charge is 2.43. The number of hydrogen-bond acceptors (Lipinski definition) is 7. The van der Waals surface area contributed by atoms with Crippen LogP contribution in [0.4, 0.5) is 13.2 Å². The van der Waals surface area contributed by atoms with Crippen molar-refractivity contribution in [1.29, 1.82) is 0 Å². The molecule has 5 heterocycles. The predicted molar refractivity (Wildman–Crippen MR) is 240 cm³/mol. The van der Waals surface area contributed by atoms with Gasteiger partial charge < -0.3 is 19.8 Å². The molecule has 2 N–H and O–H groups in total. The predicted octanol–water partition coefficient (Wildman–Crippen LogP) is 10.6. The highest BCUT2D eigenvalue weighted by molar-refractivity contribution is 5.85. The number of halogens is 3. The molecule has 3 aromatic heterocycles. The van der Waals surface area contributed by atoms with Crippen molar-refractivity contribution in [3.05, 3.63) is 132 Å². The number of nitrogens with zero attached hydrogens (tertiary/aromatic N) is 7. The number of benzene rings is 3. The van der Waals surface area contributed by atoms with Crippen LogP contribution in [0.3, 0.4) is 0 Å². The third-order valence-electron chi connectivity index (χ3n) is 13.2. The molecule has 0 radical (unpaired) electrons. The molecule has 3 aromatic carbocycles. The van der Waals surface area contributed by atoms with Gasteiger partial charge in [-0.15, -0.1) is 0 Å². The summed E-state index contributed by atoms with van der Waals surface area (Å²) in [6.07, 6.45) is 4.81. The van der Waals surface area contributed by atoms with E-state index >= 15 is 0 Å². The van der Waals surface area contributed by atoms with Crippen molar-refractivity contribution in [2.75, 3.05) is 26.2 Å². The van der Waals surface area contributed by atoms with Crippen LogP contribution in [-0.4, -0.2) is 82.6 Å². The van der Waals surface area contributed by atoms with Crippen molar-refractivity contribution < 1.29 is 22.8 Å². The van der Waals surface area contributed by atoms with Crippen LogP contribution in [0.25, 0.3) is 33.9 Å². The number of hydrogen-bond donors (Lipinski definition) is 2. The molecule has 0 aliphatic carbocycles. The highest BCUT2D eigenvalue weighted by atomic mass is 19.4. The summed E-state index contributed by atoms with van der Waals surface area (Å²) in [5.74, 6) is 0.925. The van der Waals surface area contributed by atoms with Crippen molar-refractivity contribution in [3.63, 3.8) is 0 Å². The second kappa shape index (κ2) is 19.3. The zero-order chi connectivity index (χ0) is 45.0. The summed E-state index contributed by atoms with van der Waals surface area (Å²) in [5.41, 5.74) is 3.07. The van der Waals surface area contributed by atoms with Gasteiger partial charge in [0.25, 0.3) is 0 Å². The summed E-state index contributed by atoms with van der Waals surface area (Å²) >= 11 is 0. The van der Waals surface area contributed by atoms with Gasteiger partial charge in [0.1, 0.15) is 17.7 Å². The SMILES string of the molecule is CCC(CC)[C@@H](C(=O)N1CCC[C@H]1c1nc(C(F)(F)F)c(-c2ccc(-c3ncc(-c4cnc([C@@H]5CCCN5C(=O)[C@@H](c5ccccc5)N(CC)CC)[nH]4)cn3)cc2)[nH]1)c1ccccc1. The standard InChI is InChI=1S/C50H56F3N9O2/c1-5-32(6-2)41(33-17-11-9-12-18-33)48(63)61-27-16-22-40(61)47-58-42(44(59-47)50(51,52)53)34-23-25-36(26-24-34)45-54-29-37(30-55-45)38-31-56-46(57-38)39-21-15-28-62(39)49(64)43(60(7-3)8-4)35-19-13-10-14-20-35/h9-14,17-20,23-26,29-32,39-41,43H,5-8,15-16,21-22,27-28H2,1-4H3,(H,56,57)(H,58,59)/t39-,40-,41+,43+/m0/s1. The summed E-state index contributed by atoms with van der Waals surface area (Å²) in [7, 11) is 0. The van der Waals surface area contributed by atoms with Gasteiger partial charge >= 0.3 is 6.18 Å². The molecule has 8 rings (SSSR count). The number of likely N-dealkylation sites (tertiary alicyclic amines) is 2. The number of aromatic amines is 2. The Balaban J connectivity index is 0.990. The Morgan fingerprint density at radius 2 is 1.25 bits per heavy atom. The van der Waals surface area contributed by atoms with Crippen LogP contribution in [0.2, 0.25) is 0 Å². The fourth-order valence-corrected chi connectivity index (χ4v) is 9.75. The van der Waals surface area contributed by atoms with Crippen LogP contribution in [-0.2, 0) is 15.8 Å². The van der Waals surface area contributed by atoms with Crippen molar-refractivity contribution in [2.45, 2.75) is 96.4 Å². The maximum absolute atomic E-state index is 14.6. The summed E-state index contributed by atoms with van der Waals surface area (Å²) in [5, 5.41) is 0. The van der Waals surface area contributed by atoms with Crippen molar-refractivity contribution in [1.82, 2.24) is 44.6 Å². The molecule has 334 valence electrons. The molecule has 4 atom stereocenters. The molecule has 6 aromatic rings. The summed E-state index contributed by atoms with van der Waals surface area (Å²) < 4.78 is 43.9. The van der Waals surface area contributed by atoms with E-state index in [0.717, 1.165) is 49.9 Å². The average Bonchev–Trinajstić information content (AvgIpc) is 4.17. The fraction of sp³-hybridized carbons (Fsp3) is 0.400. The third-order valence-corrected chi connectivity index (χ3v) is 13.2. The Labute approximate surface area is 372 Å². The maximum Gasteiger partial charge on any atom is 0.435 e. The number of likely N-dealkylation sites (N-methyl/N-ethyl adjacent to an activating group) is 1. The minimum atomic E-state index is -4.73. The number of aromatic nitrogens is 6. The second-order valence-electron chi connectivity index (χ2n) is 16.8. The lowest BCUT2D eigenvalue weighted by molar-refractivity contribution is -0.140. The molecule has 2 aliphatic heterocycles. The highest BCUT2D eigenvalue weighted by Crippen LogP contribution is 2.42. The zero-order valence-corrected chi connectivity index (χ0v) is 36.9. The molecule has 0 spiro atoms. The molecule has 2 amide bonds. The van der Waals surface area contributed by atoms with E-state index in [2.05, 4.69) is 57.5 Å². The average molecular weight is 872 g/mol. The fourth-order valence-electron chi connectivity index (χ4n) is 9.75. The Bertz CT molecular complexity index is 2480. The molecule has 0 saturated carbocycles. The van der Waals surface area contributed by atoms with Gasteiger partial charge in [0.05, 0.1) is 35.6 Å². The van der Waals surface area contributed by atoms with Crippen LogP contribution in [0.1, 0.15) is 119 Å². The molecule has 2 saturated heterocycles. The van der Waals surface area contributed by atoms with Gasteiger partial charge in [0.15, 0.2) is 11.5 Å². The minimum Gasteiger partial charge on any atom is -0.340 e. The Kier molecular flexibility index (Phi) is 13.4. The lowest BCUT2D eigenvalue weighted by Crippen LogP contribution is -2.43. The molecule has 11 nitrogen and oxygen atoms in total. The quantitative estimate of drug-likeness (QED) is 0.105. The van der Waals surface area contributed by atoms with Gasteiger partial charge in [0, 0.05) is 42.2 Å². The van der Waals surface area contributed by atoms with E-state index in [1.165, 1.54) is 0 Å². The lowest BCUT2D eigenvalue weighted by Gasteiger charge is -2.34. The number of nitrogens with one attached hydrogen (secondary N) is 2. The van der Waals surface area contributed by atoms with Crippen LogP contribution < -0.4 is 0 Å². The Morgan fingerprint density at radius 1 is 0.688 bits per heavy atom. The van der Waals surface area contributed by atoms with Crippen LogP contribution >= 0.6 is 0 Å². The first-order valence-electron chi connectivity index (χ1n) is 22.6. The second-order valence-corrected chi connectivity index (χ2v) is 16.8. The maximum atomic E-state index is 14.6. The van der Waals surface area contributed by atoms with Crippen LogP contribution in [0.15, 0.2) is 104 Å². The van der Waals surface area contributed by atoms with E-state index in [-0.39, 0.29) is 41.3 Å². The van der Waals surface area contributed by atoms with Gasteiger partial charge in [-0.25, -0.2) is 19.9 Å². The molecule has 0 unspecified atom stereocenters. The van der Waals surface area contributed by atoms with E-state index in [1.807, 2.05) is 65.6 Å². The smallest absolute Gasteiger partial charge is 0.340 e. The van der Waals surface area contributed by atoms with Gasteiger partial charge in [-0.1, -0.05) is 125 Å². The number of H-pyrrole nitrogens is 2. The summed E-state index contributed by atoms with van der Waals surface area (Å²) in [6, 6.07) is 25.0. The van der Waals surface area contributed by atoms with E-state index in [0.29, 0.717) is 60.0 Å². The number of alkyl halides is 3. The number of amides is 2. The Hall–Kier alpha value is -6.15. The summed E-state index contributed by atoms with van der Waals surface area (Å²) in [4.78, 5) is 59.0. The van der Waals surface area contributed by atoms with E-state index in [4.69, 9.17) is 4.98 Å². The van der Waals surface area contributed by atoms with Gasteiger partial charge in [-0.05, 0) is 55.8 Å². The van der Waals surface area contributed by atoms with Crippen LogP contribution in [0, 0.1) is 5.92 Å². The zero-order valence-electron chi connectivity index (χ0n) is 36.9. The first-order valence-corrected chi connectivity index (χ1v) is 22.6. The minimum absolute atomic E-state index is 0.0636. The largest absolute Gasteiger partial charge is 0.435 e. The van der Waals surface area contributed by atoms with E-state index in [9.17, 15) is 22.8 Å². The monoisotopic (exact) mass is 871 g/mol. The normalized spacial score (nSPS) is 17.7. The van der Waals surface area contributed by atoms with Gasteiger partial charge in [-0.3, -0.25) is 14.5 Å². The van der Waals surface area contributed by atoms with E-state index < -0.39 is 23.8 Å². The number of imidazole rings is 2. The molecular weight excluding hydrogens is 816 g/mol. The molecule has 14 heteroatoms. The summed E-state index contributed by atoms with van der Waals surface area (Å²) in [6.45, 7) is 10.9.